The van der Waals surface area contributed by atoms with Gasteiger partial charge >= 0.3 is 7.82 Å². The Balaban J connectivity index is 2.29. The van der Waals surface area contributed by atoms with Gasteiger partial charge in [0.05, 0.1) is 0 Å². The van der Waals surface area contributed by atoms with Crippen molar-refractivity contribution in [2.24, 2.45) is 0 Å². The molecule has 0 fully saturated rings. The summed E-state index contributed by atoms with van der Waals surface area (Å²) in [6.45, 7) is 1.43. The molecule has 0 aliphatic carbocycles. The maximum atomic E-state index is 11.8. The monoisotopic (exact) mass is 290 g/mol. The van der Waals surface area contributed by atoms with Gasteiger partial charge in [0.2, 0.25) is 0 Å². The molecule has 2 aromatic carbocycles. The van der Waals surface area contributed by atoms with E-state index in [1.165, 1.54) is 13.0 Å². The molecule has 0 saturated heterocycles. The number of phosphoric acid groups is 1. The maximum Gasteiger partial charge on any atom is 0.585 e. The Morgan fingerprint density at radius 2 is 1.80 bits per heavy atom. The number of benzene rings is 2. The molecule has 102 valence electrons. The number of carbonyl (C=O) groups excluding carboxylic acids is 1. The van der Waals surface area contributed by atoms with Gasteiger partial charge in [-0.3, -0.25) is 9.69 Å². The summed E-state index contributed by atoms with van der Waals surface area (Å²) in [6.07, 6.45) is 0. The molecule has 1 aliphatic heterocycles. The number of fused-ring (bicyclic) bond motifs is 1. The molecule has 2 aromatic rings. The number of phosphoric ester groups is 1. The molecule has 0 spiro atoms. The van der Waals surface area contributed by atoms with Crippen molar-refractivity contribution >= 4 is 13.6 Å². The first-order valence-corrected chi connectivity index (χ1v) is 7.43. The molecule has 1 aliphatic rings. The number of hydrogen-bond acceptors (Lipinski definition) is 4. The number of ketones is 1. The van der Waals surface area contributed by atoms with Crippen molar-refractivity contribution in [3.63, 3.8) is 0 Å². The molecular formula is C14H11O5P. The third kappa shape index (κ3) is 2.11. The number of hydrogen-bond donors (Lipinski definition) is 1. The van der Waals surface area contributed by atoms with Crippen LogP contribution in [0.15, 0.2) is 42.5 Å². The predicted molar refractivity (Wildman–Crippen MR) is 73.0 cm³/mol. The van der Waals surface area contributed by atoms with E-state index in [4.69, 9.17) is 9.05 Å². The quantitative estimate of drug-likeness (QED) is 0.677. The SMILES string of the molecule is CC(=O)c1ccc2c(c1-c1ccccc1)OP(=O)(O)O2. The van der Waals surface area contributed by atoms with Crippen LogP contribution in [0.1, 0.15) is 17.3 Å². The molecule has 1 atom stereocenters. The predicted octanol–water partition coefficient (Wildman–Crippen LogP) is 3.43. The molecule has 0 amide bonds. The first kappa shape index (κ1) is 12.9. The maximum absolute atomic E-state index is 11.8. The van der Waals surface area contributed by atoms with Crippen LogP contribution in [0.2, 0.25) is 0 Å². The van der Waals surface area contributed by atoms with E-state index in [0.29, 0.717) is 11.1 Å². The Kier molecular flexibility index (Phi) is 2.89. The summed E-state index contributed by atoms with van der Waals surface area (Å²) in [5.74, 6) is 0.143. The standard InChI is InChI=1S/C14H11O5P/c1-9(15)11-7-8-12-14(19-20(16,17)18-12)13(11)10-5-3-2-4-6-10/h2-8H,1H3,(H,16,17). The lowest BCUT2D eigenvalue weighted by Crippen LogP contribution is -1.97. The molecule has 1 heterocycles. The van der Waals surface area contributed by atoms with Gasteiger partial charge in [0.1, 0.15) is 0 Å². The highest BCUT2D eigenvalue weighted by atomic mass is 31.2. The lowest BCUT2D eigenvalue weighted by Gasteiger charge is -2.10. The fourth-order valence-corrected chi connectivity index (χ4v) is 3.01. The Morgan fingerprint density at radius 1 is 1.10 bits per heavy atom. The highest BCUT2D eigenvalue weighted by Crippen LogP contribution is 2.59. The molecular weight excluding hydrogens is 279 g/mol. The van der Waals surface area contributed by atoms with Gasteiger partial charge in [0, 0.05) is 11.1 Å². The highest BCUT2D eigenvalue weighted by molar-refractivity contribution is 7.48. The summed E-state index contributed by atoms with van der Waals surface area (Å²) in [4.78, 5) is 21.2. The highest BCUT2D eigenvalue weighted by Gasteiger charge is 2.38. The lowest BCUT2D eigenvalue weighted by molar-refractivity contribution is 0.101. The summed E-state index contributed by atoms with van der Waals surface area (Å²) in [5.41, 5.74) is 1.61. The third-order valence-corrected chi connectivity index (χ3v) is 3.82. The molecule has 0 aromatic heterocycles. The summed E-state index contributed by atoms with van der Waals surface area (Å²) in [7, 11) is -4.13. The van der Waals surface area contributed by atoms with Gasteiger partial charge in [0.15, 0.2) is 17.3 Å². The van der Waals surface area contributed by atoms with E-state index in [0.717, 1.165) is 5.56 Å². The molecule has 0 radical (unpaired) electrons. The average molecular weight is 290 g/mol. The Bertz CT molecular complexity index is 739. The molecule has 3 rings (SSSR count). The minimum atomic E-state index is -4.13. The van der Waals surface area contributed by atoms with E-state index in [1.807, 2.05) is 18.2 Å². The van der Waals surface area contributed by atoms with Gasteiger partial charge < -0.3 is 9.05 Å². The fraction of sp³-hybridized carbons (Fsp3) is 0.0714. The van der Waals surface area contributed by atoms with Crippen molar-refractivity contribution in [1.82, 2.24) is 0 Å². The van der Waals surface area contributed by atoms with E-state index in [9.17, 15) is 14.3 Å². The van der Waals surface area contributed by atoms with Crippen LogP contribution in [0.4, 0.5) is 0 Å². The van der Waals surface area contributed by atoms with E-state index in [2.05, 4.69) is 0 Å². The van der Waals surface area contributed by atoms with Crippen LogP contribution in [0.25, 0.3) is 11.1 Å². The second-order valence-corrected chi connectivity index (χ2v) is 5.69. The zero-order chi connectivity index (χ0) is 14.3. The van der Waals surface area contributed by atoms with Crippen molar-refractivity contribution in [2.45, 2.75) is 6.92 Å². The summed E-state index contributed by atoms with van der Waals surface area (Å²) < 4.78 is 21.4. The Labute approximate surface area is 115 Å². The third-order valence-electron chi connectivity index (χ3n) is 2.98. The van der Waals surface area contributed by atoms with Crippen LogP contribution in [0.5, 0.6) is 11.5 Å². The molecule has 0 saturated carbocycles. The van der Waals surface area contributed by atoms with Gasteiger partial charge in [-0.05, 0) is 24.6 Å². The fourth-order valence-electron chi connectivity index (χ4n) is 2.17. The van der Waals surface area contributed by atoms with Gasteiger partial charge in [-0.2, -0.15) is 0 Å². The lowest BCUT2D eigenvalue weighted by atomic mass is 9.96. The van der Waals surface area contributed by atoms with Crippen LogP contribution in [-0.4, -0.2) is 10.7 Å². The van der Waals surface area contributed by atoms with E-state index < -0.39 is 7.82 Å². The summed E-state index contributed by atoms with van der Waals surface area (Å²) in [5, 5.41) is 0. The topological polar surface area (TPSA) is 72.8 Å². The van der Waals surface area contributed by atoms with Crippen molar-refractivity contribution in [2.75, 3.05) is 0 Å². The molecule has 0 bridgehead atoms. The molecule has 5 nitrogen and oxygen atoms in total. The first-order chi connectivity index (χ1) is 9.48. The second-order valence-electron chi connectivity index (χ2n) is 4.39. The summed E-state index contributed by atoms with van der Waals surface area (Å²) in [6, 6.07) is 12.1. The number of carbonyl (C=O) groups is 1. The first-order valence-electron chi connectivity index (χ1n) is 5.93. The zero-order valence-electron chi connectivity index (χ0n) is 10.6. The van der Waals surface area contributed by atoms with E-state index in [-0.39, 0.29) is 17.3 Å². The van der Waals surface area contributed by atoms with Gasteiger partial charge in [-0.15, -0.1) is 0 Å². The van der Waals surface area contributed by atoms with Crippen LogP contribution >= 0.6 is 7.82 Å². The van der Waals surface area contributed by atoms with Crippen LogP contribution in [0, 0.1) is 0 Å². The van der Waals surface area contributed by atoms with Crippen LogP contribution < -0.4 is 9.05 Å². The molecule has 1 unspecified atom stereocenters. The minimum absolute atomic E-state index is 0.134. The molecule has 20 heavy (non-hydrogen) atoms. The van der Waals surface area contributed by atoms with Crippen molar-refractivity contribution in [3.8, 4) is 22.6 Å². The van der Waals surface area contributed by atoms with Crippen molar-refractivity contribution in [3.05, 3.63) is 48.0 Å². The zero-order valence-corrected chi connectivity index (χ0v) is 11.5. The van der Waals surface area contributed by atoms with E-state index >= 15 is 0 Å². The van der Waals surface area contributed by atoms with Gasteiger partial charge in [0.25, 0.3) is 0 Å². The smallest absolute Gasteiger partial charge is 0.391 e. The van der Waals surface area contributed by atoms with Crippen LogP contribution in [0.3, 0.4) is 0 Å². The van der Waals surface area contributed by atoms with Crippen molar-refractivity contribution in [1.29, 1.82) is 0 Å². The summed E-state index contributed by atoms with van der Waals surface area (Å²) >= 11 is 0. The van der Waals surface area contributed by atoms with Crippen LogP contribution in [-0.2, 0) is 4.57 Å². The normalized spacial score (nSPS) is 19.9. The van der Waals surface area contributed by atoms with Gasteiger partial charge in [-0.1, -0.05) is 30.3 Å². The largest absolute Gasteiger partial charge is 0.585 e. The van der Waals surface area contributed by atoms with E-state index in [1.54, 1.807) is 18.2 Å². The molecule has 1 N–H and O–H groups in total. The second kappa shape index (κ2) is 4.47. The van der Waals surface area contributed by atoms with Gasteiger partial charge in [-0.25, -0.2) is 4.57 Å². The molecule has 6 heteroatoms. The Hall–Kier alpha value is -2.10. The average Bonchev–Trinajstić information content (AvgIpc) is 2.72. The Morgan fingerprint density at radius 3 is 2.45 bits per heavy atom. The number of Topliss-reactive ketones (excluding diaryl/α,β-unsaturated/α-hetero) is 1. The van der Waals surface area contributed by atoms with Crippen molar-refractivity contribution < 1.29 is 23.3 Å². The minimum Gasteiger partial charge on any atom is -0.391 e. The number of rotatable bonds is 2.